The number of rotatable bonds is 3. The van der Waals surface area contributed by atoms with Gasteiger partial charge in [-0.25, -0.2) is 8.78 Å². The number of hydrogen-bond donors (Lipinski definition) is 1. The number of nitrogens with one attached hydrogen (secondary N) is 1. The molecule has 0 spiro atoms. The van der Waals surface area contributed by atoms with Crippen LogP contribution in [0.2, 0.25) is 0 Å². The van der Waals surface area contributed by atoms with E-state index in [1.807, 2.05) is 0 Å². The lowest BCUT2D eigenvalue weighted by Gasteiger charge is -2.15. The molecule has 1 N–H and O–H groups in total. The largest absolute Gasteiger partial charge is 0.336 e. The number of alkyl halides is 2. The minimum Gasteiger partial charge on any atom is -0.336 e. The highest BCUT2D eigenvalue weighted by Gasteiger charge is 2.18. The van der Waals surface area contributed by atoms with Crippen LogP contribution in [0.5, 0.6) is 0 Å². The van der Waals surface area contributed by atoms with Crippen molar-refractivity contribution in [3.05, 3.63) is 17.5 Å². The van der Waals surface area contributed by atoms with Gasteiger partial charge in [-0.1, -0.05) is 0 Å². The molecule has 0 aliphatic heterocycles. The van der Waals surface area contributed by atoms with Crippen LogP contribution >= 0.6 is 0 Å². The second-order valence-corrected chi connectivity index (χ2v) is 2.99. The number of aryl methyl sites for hydroxylation is 1. The number of amides is 1. The van der Waals surface area contributed by atoms with Crippen LogP contribution < -0.4 is 0 Å². The highest BCUT2D eigenvalue weighted by molar-refractivity contribution is 5.94. The minimum atomic E-state index is -2.52. The molecule has 6 heteroatoms. The average Bonchev–Trinajstić information content (AvgIpc) is 2.48. The van der Waals surface area contributed by atoms with Crippen molar-refractivity contribution in [3.63, 3.8) is 0 Å². The zero-order valence-corrected chi connectivity index (χ0v) is 7.92. The van der Waals surface area contributed by atoms with Crippen molar-refractivity contribution in [2.24, 2.45) is 0 Å². The van der Waals surface area contributed by atoms with E-state index in [1.165, 1.54) is 13.2 Å². The lowest BCUT2D eigenvalue weighted by atomic mass is 10.2. The molecule has 14 heavy (non-hydrogen) atoms. The Morgan fingerprint density at radius 3 is 2.79 bits per heavy atom. The Morgan fingerprint density at radius 2 is 2.36 bits per heavy atom. The first-order chi connectivity index (χ1) is 6.52. The first kappa shape index (κ1) is 10.6. The van der Waals surface area contributed by atoms with Gasteiger partial charge in [-0.2, -0.15) is 5.10 Å². The van der Waals surface area contributed by atoms with E-state index in [-0.39, 0.29) is 0 Å². The van der Waals surface area contributed by atoms with E-state index >= 15 is 0 Å². The van der Waals surface area contributed by atoms with Gasteiger partial charge in [0.2, 0.25) is 0 Å². The van der Waals surface area contributed by atoms with Crippen molar-refractivity contribution in [2.45, 2.75) is 13.3 Å². The van der Waals surface area contributed by atoms with E-state index in [1.54, 1.807) is 6.92 Å². The third-order valence-corrected chi connectivity index (χ3v) is 1.82. The number of aromatic amines is 1. The zero-order chi connectivity index (χ0) is 10.7. The molecular formula is C8H11F2N3O. The normalized spacial score (nSPS) is 10.6. The van der Waals surface area contributed by atoms with Crippen LogP contribution in [0.3, 0.4) is 0 Å². The monoisotopic (exact) mass is 203 g/mol. The summed E-state index contributed by atoms with van der Waals surface area (Å²) < 4.78 is 23.9. The van der Waals surface area contributed by atoms with E-state index in [0.29, 0.717) is 11.3 Å². The van der Waals surface area contributed by atoms with Crippen LogP contribution in [-0.4, -0.2) is 41.0 Å². The fourth-order valence-corrected chi connectivity index (χ4v) is 1.06. The van der Waals surface area contributed by atoms with Gasteiger partial charge in [-0.05, 0) is 6.92 Å². The Balaban J connectivity index is 2.71. The molecule has 0 fully saturated rings. The first-order valence-electron chi connectivity index (χ1n) is 4.06. The summed E-state index contributed by atoms with van der Waals surface area (Å²) in [5.74, 6) is -0.448. The molecule has 0 bridgehead atoms. The van der Waals surface area contributed by atoms with Gasteiger partial charge in [-0.15, -0.1) is 0 Å². The SMILES string of the molecule is Cc1[nH]ncc1C(=O)N(C)CC(F)F. The lowest BCUT2D eigenvalue weighted by molar-refractivity contribution is 0.0619. The van der Waals surface area contributed by atoms with Crippen LogP contribution in [0.1, 0.15) is 16.1 Å². The summed E-state index contributed by atoms with van der Waals surface area (Å²) in [6.07, 6.45) is -1.18. The molecule has 4 nitrogen and oxygen atoms in total. The minimum absolute atomic E-state index is 0.327. The summed E-state index contributed by atoms with van der Waals surface area (Å²) in [7, 11) is 1.33. The maximum atomic E-state index is 12.0. The summed E-state index contributed by atoms with van der Waals surface area (Å²) in [5, 5.41) is 6.22. The van der Waals surface area contributed by atoms with Crippen LogP contribution in [0.25, 0.3) is 0 Å². The topological polar surface area (TPSA) is 49.0 Å². The first-order valence-corrected chi connectivity index (χ1v) is 4.06. The number of nitrogens with zero attached hydrogens (tertiary/aromatic N) is 2. The summed E-state index contributed by atoms with van der Waals surface area (Å²) in [6.45, 7) is 1.10. The molecule has 0 aliphatic rings. The second-order valence-electron chi connectivity index (χ2n) is 2.99. The van der Waals surface area contributed by atoms with Crippen molar-refractivity contribution >= 4 is 5.91 Å². The van der Waals surface area contributed by atoms with E-state index in [0.717, 1.165) is 4.90 Å². The van der Waals surface area contributed by atoms with Gasteiger partial charge in [0, 0.05) is 12.7 Å². The van der Waals surface area contributed by atoms with Crippen molar-refractivity contribution < 1.29 is 13.6 Å². The lowest BCUT2D eigenvalue weighted by Crippen LogP contribution is -2.31. The molecule has 1 rings (SSSR count). The summed E-state index contributed by atoms with van der Waals surface area (Å²) in [6, 6.07) is 0. The molecule has 0 unspecified atom stereocenters. The van der Waals surface area contributed by atoms with E-state index in [9.17, 15) is 13.6 Å². The molecule has 1 amide bonds. The van der Waals surface area contributed by atoms with Crippen molar-refractivity contribution in [3.8, 4) is 0 Å². The van der Waals surface area contributed by atoms with Crippen LogP contribution in [0, 0.1) is 6.92 Å². The van der Waals surface area contributed by atoms with Crippen molar-refractivity contribution in [1.29, 1.82) is 0 Å². The van der Waals surface area contributed by atoms with Gasteiger partial charge in [0.05, 0.1) is 18.3 Å². The Bertz CT molecular complexity index is 324. The van der Waals surface area contributed by atoms with Crippen molar-refractivity contribution in [1.82, 2.24) is 15.1 Å². The summed E-state index contributed by atoms with van der Waals surface area (Å²) in [5.41, 5.74) is 0.907. The predicted molar refractivity (Wildman–Crippen MR) is 46.3 cm³/mol. The molecule has 0 atom stereocenters. The molecule has 0 radical (unpaired) electrons. The smallest absolute Gasteiger partial charge is 0.257 e. The van der Waals surface area contributed by atoms with Crippen LogP contribution in [0.15, 0.2) is 6.20 Å². The van der Waals surface area contributed by atoms with Gasteiger partial charge in [0.15, 0.2) is 0 Å². The number of H-pyrrole nitrogens is 1. The highest BCUT2D eigenvalue weighted by Crippen LogP contribution is 2.07. The number of hydrogen-bond acceptors (Lipinski definition) is 2. The van der Waals surface area contributed by atoms with Gasteiger partial charge < -0.3 is 4.90 Å². The number of aromatic nitrogens is 2. The Morgan fingerprint density at radius 1 is 1.71 bits per heavy atom. The third-order valence-electron chi connectivity index (χ3n) is 1.82. The molecule has 0 aliphatic carbocycles. The standard InChI is InChI=1S/C8H11F2N3O/c1-5-6(3-11-12-5)8(14)13(2)4-7(9)10/h3,7H,4H2,1-2H3,(H,11,12). The maximum absolute atomic E-state index is 12.0. The Hall–Kier alpha value is -1.46. The third kappa shape index (κ3) is 2.27. The molecule has 1 heterocycles. The summed E-state index contributed by atoms with van der Waals surface area (Å²) >= 11 is 0. The van der Waals surface area contributed by atoms with Gasteiger partial charge in [-0.3, -0.25) is 9.89 Å². The molecule has 0 saturated heterocycles. The van der Waals surface area contributed by atoms with Crippen LogP contribution in [0.4, 0.5) is 8.78 Å². The predicted octanol–water partition coefficient (Wildman–Crippen LogP) is 1.06. The van der Waals surface area contributed by atoms with E-state index < -0.39 is 18.9 Å². The Labute approximate surface area is 79.9 Å². The Kier molecular flexibility index (Phi) is 3.16. The van der Waals surface area contributed by atoms with Gasteiger partial charge in [0.25, 0.3) is 12.3 Å². The van der Waals surface area contributed by atoms with E-state index in [2.05, 4.69) is 10.2 Å². The average molecular weight is 203 g/mol. The summed E-state index contributed by atoms with van der Waals surface area (Å²) in [4.78, 5) is 12.5. The number of halogens is 2. The molecule has 1 aromatic heterocycles. The molecule has 78 valence electrons. The molecule has 1 aromatic rings. The number of carbonyl (C=O) groups is 1. The fraction of sp³-hybridized carbons (Fsp3) is 0.500. The van der Waals surface area contributed by atoms with Gasteiger partial charge >= 0.3 is 0 Å². The molecular weight excluding hydrogens is 192 g/mol. The molecule has 0 aromatic carbocycles. The second kappa shape index (κ2) is 4.17. The fourth-order valence-electron chi connectivity index (χ4n) is 1.06. The van der Waals surface area contributed by atoms with E-state index in [4.69, 9.17) is 0 Å². The quantitative estimate of drug-likeness (QED) is 0.798. The van der Waals surface area contributed by atoms with Crippen LogP contribution in [-0.2, 0) is 0 Å². The zero-order valence-electron chi connectivity index (χ0n) is 7.92. The van der Waals surface area contributed by atoms with Crippen molar-refractivity contribution in [2.75, 3.05) is 13.6 Å². The molecule has 0 saturated carbocycles. The number of carbonyl (C=O) groups excluding carboxylic acids is 1. The highest BCUT2D eigenvalue weighted by atomic mass is 19.3. The maximum Gasteiger partial charge on any atom is 0.257 e. The van der Waals surface area contributed by atoms with Gasteiger partial charge in [0.1, 0.15) is 0 Å².